The fourth-order valence-electron chi connectivity index (χ4n) is 8.33. The van der Waals surface area contributed by atoms with Crippen molar-refractivity contribution in [2.45, 2.75) is 0 Å². The molecule has 0 aliphatic heterocycles. The van der Waals surface area contributed by atoms with Crippen molar-refractivity contribution < 1.29 is 0 Å². The highest BCUT2D eigenvalue weighted by molar-refractivity contribution is 7.26. The zero-order valence-electron chi connectivity index (χ0n) is 32.0. The number of hydrogen-bond donors (Lipinski definition) is 0. The van der Waals surface area contributed by atoms with Crippen LogP contribution in [-0.2, 0) is 0 Å². The van der Waals surface area contributed by atoms with Gasteiger partial charge in [-0.05, 0) is 109 Å². The van der Waals surface area contributed by atoms with E-state index in [2.05, 4.69) is 239 Å². The molecular formula is C54H37N3S2. The Balaban J connectivity index is 1.12. The largest absolute Gasteiger partial charge is 0.310 e. The number of nitrogens with zero attached hydrogens (tertiary/aromatic N) is 3. The van der Waals surface area contributed by atoms with Gasteiger partial charge in [0.1, 0.15) is 0 Å². The molecule has 0 spiro atoms. The number of rotatable bonds is 9. The van der Waals surface area contributed by atoms with Gasteiger partial charge in [0, 0.05) is 80.2 Å². The third kappa shape index (κ3) is 6.38. The highest BCUT2D eigenvalue weighted by Gasteiger charge is 2.25. The fourth-order valence-corrected chi connectivity index (χ4v) is 10.6. The number of fused-ring (bicyclic) bond motifs is 6. The first-order valence-electron chi connectivity index (χ1n) is 19.8. The number of thiophene rings is 2. The lowest BCUT2D eigenvalue weighted by molar-refractivity contribution is 1.24. The highest BCUT2D eigenvalue weighted by Crippen LogP contribution is 2.51. The first-order valence-corrected chi connectivity index (χ1v) is 21.5. The van der Waals surface area contributed by atoms with E-state index in [0.29, 0.717) is 0 Å². The minimum atomic E-state index is 1.10. The van der Waals surface area contributed by atoms with Crippen LogP contribution >= 0.6 is 22.7 Å². The summed E-state index contributed by atoms with van der Waals surface area (Å²) in [5, 5.41) is 5.03. The average molecular weight is 792 g/mol. The van der Waals surface area contributed by atoms with E-state index in [0.717, 1.165) is 51.2 Å². The Kier molecular flexibility index (Phi) is 8.88. The van der Waals surface area contributed by atoms with E-state index < -0.39 is 0 Å². The Morgan fingerprint density at radius 2 is 0.593 bits per heavy atom. The molecule has 0 radical (unpaired) electrons. The predicted molar refractivity (Wildman–Crippen MR) is 256 cm³/mol. The van der Waals surface area contributed by atoms with Crippen LogP contribution in [0.15, 0.2) is 224 Å². The second-order valence-electron chi connectivity index (χ2n) is 14.6. The van der Waals surface area contributed by atoms with E-state index >= 15 is 0 Å². The molecule has 11 aromatic rings. The Bertz CT molecular complexity index is 3140. The summed E-state index contributed by atoms with van der Waals surface area (Å²) in [5.74, 6) is 0. The molecule has 0 atom stereocenters. The van der Waals surface area contributed by atoms with Crippen molar-refractivity contribution >= 4 is 114 Å². The Labute approximate surface area is 351 Å². The van der Waals surface area contributed by atoms with E-state index in [-0.39, 0.29) is 0 Å². The summed E-state index contributed by atoms with van der Waals surface area (Å²) < 4.78 is 5.05. The van der Waals surface area contributed by atoms with Gasteiger partial charge in [0.15, 0.2) is 0 Å². The molecule has 5 heteroatoms. The summed E-state index contributed by atoms with van der Waals surface area (Å²) in [4.78, 5) is 7.19. The van der Waals surface area contributed by atoms with Crippen LogP contribution in [0.1, 0.15) is 0 Å². The smallest absolute Gasteiger partial charge is 0.0716 e. The highest BCUT2D eigenvalue weighted by atomic mass is 32.1. The summed E-state index contributed by atoms with van der Waals surface area (Å²) in [7, 11) is 0. The second-order valence-corrected chi connectivity index (χ2v) is 16.7. The molecule has 0 saturated heterocycles. The minimum absolute atomic E-state index is 1.10. The Hall–Kier alpha value is -7.18. The second kappa shape index (κ2) is 15.0. The number of benzene rings is 9. The molecule has 0 fully saturated rings. The third-order valence-corrected chi connectivity index (χ3v) is 13.2. The predicted octanol–water partition coefficient (Wildman–Crippen LogP) is 16.8. The molecule has 11 rings (SSSR count). The van der Waals surface area contributed by atoms with Crippen LogP contribution in [0.3, 0.4) is 0 Å². The van der Waals surface area contributed by atoms with Gasteiger partial charge < -0.3 is 14.7 Å². The van der Waals surface area contributed by atoms with E-state index in [1.807, 2.05) is 22.7 Å². The van der Waals surface area contributed by atoms with E-state index in [4.69, 9.17) is 0 Å². The summed E-state index contributed by atoms with van der Waals surface area (Å²) >= 11 is 3.71. The number of para-hydroxylation sites is 5. The average Bonchev–Trinajstić information content (AvgIpc) is 3.86. The van der Waals surface area contributed by atoms with E-state index in [9.17, 15) is 0 Å². The summed E-state index contributed by atoms with van der Waals surface area (Å²) in [6.07, 6.45) is 0. The summed E-state index contributed by atoms with van der Waals surface area (Å²) in [5.41, 5.74) is 10.00. The maximum Gasteiger partial charge on any atom is 0.0716 e. The Morgan fingerprint density at radius 3 is 1.15 bits per heavy atom. The van der Waals surface area contributed by atoms with Crippen LogP contribution < -0.4 is 14.7 Å². The van der Waals surface area contributed by atoms with Crippen LogP contribution in [0.5, 0.6) is 0 Å². The maximum absolute atomic E-state index is 2.44. The zero-order valence-corrected chi connectivity index (χ0v) is 33.7. The summed E-state index contributed by atoms with van der Waals surface area (Å²) in [6, 6.07) is 81.0. The molecule has 59 heavy (non-hydrogen) atoms. The first-order chi connectivity index (χ1) is 29.3. The molecule has 2 aromatic heterocycles. The van der Waals surface area contributed by atoms with Crippen LogP contribution in [0, 0.1) is 0 Å². The lowest BCUT2D eigenvalue weighted by Gasteiger charge is -2.33. The summed E-state index contributed by atoms with van der Waals surface area (Å²) in [6.45, 7) is 0. The number of hydrogen-bond acceptors (Lipinski definition) is 5. The molecule has 0 bridgehead atoms. The van der Waals surface area contributed by atoms with Crippen molar-refractivity contribution in [3.05, 3.63) is 224 Å². The molecule has 0 N–H and O–H groups in total. The van der Waals surface area contributed by atoms with Gasteiger partial charge in [0.2, 0.25) is 0 Å². The molecule has 9 aromatic carbocycles. The SMILES string of the molecule is c1ccc(N(c2ccccc2)c2ccc3sc4cc(N(c5ccccc5)c5cc6sc7ccccc7c6cc5N(c5ccccc5)c5ccccc5)ccc4c3c2)cc1. The van der Waals surface area contributed by atoms with Gasteiger partial charge in [-0.2, -0.15) is 0 Å². The lowest BCUT2D eigenvalue weighted by Crippen LogP contribution is -2.17. The van der Waals surface area contributed by atoms with Gasteiger partial charge in [-0.3, -0.25) is 0 Å². The normalized spacial score (nSPS) is 11.4. The van der Waals surface area contributed by atoms with Gasteiger partial charge in [-0.25, -0.2) is 0 Å². The molecule has 0 unspecified atom stereocenters. The number of anilines is 9. The lowest BCUT2D eigenvalue weighted by atomic mass is 10.1. The van der Waals surface area contributed by atoms with Gasteiger partial charge in [-0.15, -0.1) is 22.7 Å². The third-order valence-electron chi connectivity index (χ3n) is 11.0. The topological polar surface area (TPSA) is 9.72 Å². The van der Waals surface area contributed by atoms with Crippen molar-refractivity contribution in [3.63, 3.8) is 0 Å². The minimum Gasteiger partial charge on any atom is -0.310 e. The molecule has 0 aliphatic rings. The van der Waals surface area contributed by atoms with Crippen LogP contribution in [0.25, 0.3) is 40.3 Å². The van der Waals surface area contributed by atoms with Crippen LogP contribution in [0.4, 0.5) is 51.2 Å². The van der Waals surface area contributed by atoms with E-state index in [1.165, 1.54) is 40.3 Å². The first kappa shape index (κ1) is 35.0. The van der Waals surface area contributed by atoms with E-state index in [1.54, 1.807) is 0 Å². The molecule has 2 heterocycles. The monoisotopic (exact) mass is 791 g/mol. The van der Waals surface area contributed by atoms with Crippen molar-refractivity contribution in [1.29, 1.82) is 0 Å². The van der Waals surface area contributed by atoms with Gasteiger partial charge in [0.05, 0.1) is 11.4 Å². The van der Waals surface area contributed by atoms with Crippen molar-refractivity contribution in [1.82, 2.24) is 0 Å². The maximum atomic E-state index is 2.44. The Morgan fingerprint density at radius 1 is 0.220 bits per heavy atom. The molecular weight excluding hydrogens is 755 g/mol. The molecule has 3 nitrogen and oxygen atoms in total. The molecule has 0 aliphatic carbocycles. The molecule has 280 valence electrons. The van der Waals surface area contributed by atoms with Crippen LogP contribution in [0.2, 0.25) is 0 Å². The van der Waals surface area contributed by atoms with Crippen molar-refractivity contribution in [3.8, 4) is 0 Å². The quantitative estimate of drug-likeness (QED) is 0.144. The van der Waals surface area contributed by atoms with Gasteiger partial charge in [-0.1, -0.05) is 115 Å². The van der Waals surface area contributed by atoms with Crippen molar-refractivity contribution in [2.75, 3.05) is 14.7 Å². The molecule has 0 saturated carbocycles. The molecule has 0 amide bonds. The van der Waals surface area contributed by atoms with Crippen LogP contribution in [-0.4, -0.2) is 0 Å². The zero-order chi connectivity index (χ0) is 39.1. The van der Waals surface area contributed by atoms with Crippen molar-refractivity contribution in [2.24, 2.45) is 0 Å². The van der Waals surface area contributed by atoms with Gasteiger partial charge in [0.25, 0.3) is 0 Å². The standard InChI is InChI=1S/C54H37N3S2/c1-6-18-38(19-7-1)55(39-20-8-2-9-21-39)43-31-33-52-47(34-43)46-32-30-44(35-53(46)59-52)57(42-26-14-5-15-27-42)50-37-54-48(45-28-16-17-29-51(45)58-54)36-49(50)56(40-22-10-3-11-23-40)41-24-12-4-13-25-41/h1-37H. The fraction of sp³-hybridized carbons (Fsp3) is 0. The van der Waals surface area contributed by atoms with Gasteiger partial charge >= 0.3 is 0 Å².